The summed E-state index contributed by atoms with van der Waals surface area (Å²) in [7, 11) is 1.73. The predicted molar refractivity (Wildman–Crippen MR) is 107 cm³/mol. The molecule has 3 rings (SSSR count). The summed E-state index contributed by atoms with van der Waals surface area (Å²) in [6.45, 7) is 0.827. The maximum atomic E-state index is 12.8. The third-order valence-electron chi connectivity index (χ3n) is 3.82. The summed E-state index contributed by atoms with van der Waals surface area (Å²) in [4.78, 5) is 18.6. The van der Waals surface area contributed by atoms with E-state index in [1.807, 2.05) is 54.6 Å². The number of para-hydroxylation sites is 1. The second-order valence-corrected chi connectivity index (χ2v) is 6.72. The molecule has 0 saturated heterocycles. The van der Waals surface area contributed by atoms with E-state index in [-0.39, 0.29) is 11.8 Å². The van der Waals surface area contributed by atoms with Crippen molar-refractivity contribution in [2.45, 2.75) is 0 Å². The monoisotopic (exact) mass is 426 g/mol. The zero-order valence-corrected chi connectivity index (χ0v) is 16.4. The Morgan fingerprint density at radius 1 is 1.00 bits per heavy atom. The molecule has 1 amide bonds. The lowest BCUT2D eigenvalue weighted by Crippen LogP contribution is -2.31. The lowest BCUT2D eigenvalue weighted by molar-refractivity contribution is 0.0770. The largest absolute Gasteiger partial charge is 0.492 e. The minimum absolute atomic E-state index is 0.173. The minimum Gasteiger partial charge on any atom is -0.492 e. The van der Waals surface area contributed by atoms with Gasteiger partial charge in [0.25, 0.3) is 5.91 Å². The van der Waals surface area contributed by atoms with Crippen LogP contribution in [0, 0.1) is 0 Å². The van der Waals surface area contributed by atoms with Gasteiger partial charge >= 0.3 is 0 Å². The Hall–Kier alpha value is -2.86. The van der Waals surface area contributed by atoms with Gasteiger partial charge in [-0.2, -0.15) is 0 Å². The fourth-order valence-corrected chi connectivity index (χ4v) is 2.64. The quantitative estimate of drug-likeness (QED) is 0.544. The number of likely N-dealkylation sites (N-methyl/N-ethyl adjacent to an activating group) is 1. The molecular weight excluding hydrogens is 408 g/mol. The fraction of sp³-hybridized carbons (Fsp3) is 0.143. The first-order valence-electron chi connectivity index (χ1n) is 8.45. The first-order valence-corrected chi connectivity index (χ1v) is 9.24. The predicted octanol–water partition coefficient (Wildman–Crippen LogP) is 4.79. The van der Waals surface area contributed by atoms with Crippen LogP contribution in [0.15, 0.2) is 77.4 Å². The van der Waals surface area contributed by atoms with Gasteiger partial charge in [-0.15, -0.1) is 0 Å². The molecule has 3 aromatic rings. The van der Waals surface area contributed by atoms with E-state index in [2.05, 4.69) is 20.9 Å². The molecule has 27 heavy (non-hydrogen) atoms. The Morgan fingerprint density at radius 3 is 2.48 bits per heavy atom. The number of carbonyl (C=O) groups excluding carboxylic acids is 1. The number of amides is 1. The van der Waals surface area contributed by atoms with Crippen molar-refractivity contribution in [3.63, 3.8) is 0 Å². The zero-order valence-electron chi connectivity index (χ0n) is 14.8. The number of rotatable bonds is 7. The third-order valence-corrected chi connectivity index (χ3v) is 4.34. The van der Waals surface area contributed by atoms with Crippen molar-refractivity contribution in [3.05, 3.63) is 83.0 Å². The van der Waals surface area contributed by atoms with Gasteiger partial charge in [-0.25, -0.2) is 4.98 Å². The van der Waals surface area contributed by atoms with E-state index in [1.165, 1.54) is 0 Å². The lowest BCUT2D eigenvalue weighted by Gasteiger charge is -2.19. The van der Waals surface area contributed by atoms with Gasteiger partial charge in [0.1, 0.15) is 23.7 Å². The minimum atomic E-state index is -0.173. The van der Waals surface area contributed by atoms with Crippen LogP contribution in [0.5, 0.6) is 17.4 Å². The maximum Gasteiger partial charge on any atom is 0.259 e. The van der Waals surface area contributed by atoms with Gasteiger partial charge in [-0.1, -0.05) is 34.1 Å². The van der Waals surface area contributed by atoms with Crippen LogP contribution in [0.3, 0.4) is 0 Å². The standard InChI is InChI=1S/C21H19BrN2O3/c1-24(14-15-26-17-11-9-16(22)10-12-17)21(25)19-8-5-13-23-20(19)27-18-6-3-2-4-7-18/h2-13H,14-15H2,1H3. The summed E-state index contributed by atoms with van der Waals surface area (Å²) in [5.41, 5.74) is 0.410. The highest BCUT2D eigenvalue weighted by atomic mass is 79.9. The van der Waals surface area contributed by atoms with E-state index in [1.54, 1.807) is 30.3 Å². The highest BCUT2D eigenvalue weighted by Crippen LogP contribution is 2.23. The van der Waals surface area contributed by atoms with E-state index < -0.39 is 0 Å². The molecule has 0 unspecified atom stereocenters. The third kappa shape index (κ3) is 5.31. The first kappa shape index (κ1) is 18.9. The molecule has 0 spiro atoms. The van der Waals surface area contributed by atoms with E-state index >= 15 is 0 Å². The van der Waals surface area contributed by atoms with Gasteiger partial charge in [0.15, 0.2) is 0 Å². The van der Waals surface area contributed by atoms with Crippen molar-refractivity contribution in [1.29, 1.82) is 0 Å². The second kappa shape index (κ2) is 9.19. The molecule has 6 heteroatoms. The first-order chi connectivity index (χ1) is 13.1. The highest BCUT2D eigenvalue weighted by molar-refractivity contribution is 9.10. The number of hydrogen-bond donors (Lipinski definition) is 0. The number of carbonyl (C=O) groups is 1. The summed E-state index contributed by atoms with van der Waals surface area (Å²) in [5, 5.41) is 0. The van der Waals surface area contributed by atoms with Gasteiger partial charge in [-0.3, -0.25) is 4.79 Å². The number of pyridine rings is 1. The topological polar surface area (TPSA) is 51.7 Å². The number of benzene rings is 2. The molecule has 0 aliphatic carbocycles. The molecule has 0 bridgehead atoms. The number of halogens is 1. The lowest BCUT2D eigenvalue weighted by atomic mass is 10.2. The van der Waals surface area contributed by atoms with Gasteiger partial charge in [0, 0.05) is 17.7 Å². The van der Waals surface area contributed by atoms with Crippen LogP contribution in [-0.2, 0) is 0 Å². The average Bonchev–Trinajstić information content (AvgIpc) is 2.70. The number of aromatic nitrogens is 1. The normalized spacial score (nSPS) is 10.3. The number of nitrogens with zero attached hydrogens (tertiary/aromatic N) is 2. The van der Waals surface area contributed by atoms with Crippen molar-refractivity contribution in [2.24, 2.45) is 0 Å². The van der Waals surface area contributed by atoms with Crippen molar-refractivity contribution in [3.8, 4) is 17.4 Å². The molecule has 0 aliphatic heterocycles. The van der Waals surface area contributed by atoms with E-state index in [0.29, 0.717) is 24.5 Å². The SMILES string of the molecule is CN(CCOc1ccc(Br)cc1)C(=O)c1cccnc1Oc1ccccc1. The van der Waals surface area contributed by atoms with Crippen LogP contribution in [-0.4, -0.2) is 36.0 Å². The molecular formula is C21H19BrN2O3. The summed E-state index contributed by atoms with van der Waals surface area (Å²) >= 11 is 3.39. The fourth-order valence-electron chi connectivity index (χ4n) is 2.37. The number of hydrogen-bond acceptors (Lipinski definition) is 4. The van der Waals surface area contributed by atoms with Crippen LogP contribution in [0.25, 0.3) is 0 Å². The summed E-state index contributed by atoms with van der Waals surface area (Å²) in [6.07, 6.45) is 1.60. The van der Waals surface area contributed by atoms with Crippen LogP contribution in [0.1, 0.15) is 10.4 Å². The Morgan fingerprint density at radius 2 is 1.74 bits per heavy atom. The van der Waals surface area contributed by atoms with E-state index in [4.69, 9.17) is 9.47 Å². The number of ether oxygens (including phenoxy) is 2. The average molecular weight is 427 g/mol. The molecule has 138 valence electrons. The molecule has 0 fully saturated rings. The Balaban J connectivity index is 1.62. The summed E-state index contributed by atoms with van der Waals surface area (Å²) in [6, 6.07) is 20.3. The molecule has 1 heterocycles. The van der Waals surface area contributed by atoms with Crippen LogP contribution < -0.4 is 9.47 Å². The highest BCUT2D eigenvalue weighted by Gasteiger charge is 2.18. The van der Waals surface area contributed by atoms with Crippen molar-refractivity contribution in [1.82, 2.24) is 9.88 Å². The zero-order chi connectivity index (χ0) is 19.1. The van der Waals surface area contributed by atoms with E-state index in [0.717, 1.165) is 10.2 Å². The second-order valence-electron chi connectivity index (χ2n) is 5.80. The van der Waals surface area contributed by atoms with Crippen LogP contribution in [0.4, 0.5) is 0 Å². The Labute approximate surface area is 166 Å². The molecule has 2 aromatic carbocycles. The van der Waals surface area contributed by atoms with Gasteiger partial charge in [0.2, 0.25) is 5.88 Å². The molecule has 5 nitrogen and oxygen atoms in total. The van der Waals surface area contributed by atoms with Gasteiger partial charge in [-0.05, 0) is 48.5 Å². The van der Waals surface area contributed by atoms with E-state index in [9.17, 15) is 4.79 Å². The molecule has 1 aromatic heterocycles. The van der Waals surface area contributed by atoms with Crippen molar-refractivity contribution < 1.29 is 14.3 Å². The van der Waals surface area contributed by atoms with Crippen molar-refractivity contribution in [2.75, 3.05) is 20.2 Å². The summed E-state index contributed by atoms with van der Waals surface area (Å²) < 4.78 is 12.4. The maximum absolute atomic E-state index is 12.8. The molecule has 0 radical (unpaired) electrons. The van der Waals surface area contributed by atoms with Crippen molar-refractivity contribution >= 4 is 21.8 Å². The molecule has 0 aliphatic rings. The Bertz CT molecular complexity index is 885. The summed E-state index contributed by atoms with van der Waals surface area (Å²) in [5.74, 6) is 1.50. The smallest absolute Gasteiger partial charge is 0.259 e. The van der Waals surface area contributed by atoms with Gasteiger partial charge < -0.3 is 14.4 Å². The molecule has 0 N–H and O–H groups in total. The van der Waals surface area contributed by atoms with Crippen LogP contribution >= 0.6 is 15.9 Å². The van der Waals surface area contributed by atoms with Crippen LogP contribution in [0.2, 0.25) is 0 Å². The Kier molecular flexibility index (Phi) is 6.44. The molecule has 0 saturated carbocycles. The van der Waals surface area contributed by atoms with Gasteiger partial charge in [0.05, 0.1) is 6.54 Å². The molecule has 0 atom stereocenters.